The van der Waals surface area contributed by atoms with Crippen LogP contribution in [0.25, 0.3) is 0 Å². The van der Waals surface area contributed by atoms with Crippen molar-refractivity contribution in [2.75, 3.05) is 11.9 Å². The lowest BCUT2D eigenvalue weighted by Gasteiger charge is -2.34. The maximum atomic E-state index is 13.4. The molecule has 0 saturated carbocycles. The molecule has 0 spiro atoms. The van der Waals surface area contributed by atoms with Gasteiger partial charge in [-0.15, -0.1) is 0 Å². The van der Waals surface area contributed by atoms with Gasteiger partial charge < -0.3 is 10.2 Å². The van der Waals surface area contributed by atoms with E-state index < -0.39 is 23.2 Å². The highest BCUT2D eigenvalue weighted by Crippen LogP contribution is 2.15. The van der Waals surface area contributed by atoms with Crippen molar-refractivity contribution in [1.82, 2.24) is 4.90 Å². The number of para-hydroxylation sites is 1. The highest BCUT2D eigenvalue weighted by molar-refractivity contribution is 6.39. The van der Waals surface area contributed by atoms with E-state index in [0.29, 0.717) is 6.54 Å². The Bertz CT molecular complexity index is 481. The Labute approximate surface area is 112 Å². The van der Waals surface area contributed by atoms with Crippen molar-refractivity contribution >= 4 is 17.5 Å². The lowest BCUT2D eigenvalue weighted by Crippen LogP contribution is -2.49. The van der Waals surface area contributed by atoms with E-state index in [0.717, 1.165) is 0 Å². The molecule has 1 N–H and O–H groups in total. The van der Waals surface area contributed by atoms with Gasteiger partial charge in [-0.05, 0) is 39.8 Å². The molecule has 0 atom stereocenters. The van der Waals surface area contributed by atoms with Gasteiger partial charge in [-0.2, -0.15) is 0 Å². The Morgan fingerprint density at radius 3 is 2.32 bits per heavy atom. The molecule has 0 saturated heterocycles. The van der Waals surface area contributed by atoms with E-state index in [-0.39, 0.29) is 5.69 Å². The summed E-state index contributed by atoms with van der Waals surface area (Å²) in [5, 5.41) is 2.29. The van der Waals surface area contributed by atoms with Gasteiger partial charge in [-0.3, -0.25) is 9.59 Å². The van der Waals surface area contributed by atoms with Crippen LogP contribution < -0.4 is 5.32 Å². The van der Waals surface area contributed by atoms with Gasteiger partial charge in [-0.25, -0.2) is 4.39 Å². The minimum Gasteiger partial charge on any atom is -0.330 e. The van der Waals surface area contributed by atoms with Crippen LogP contribution in [-0.4, -0.2) is 28.8 Å². The van der Waals surface area contributed by atoms with E-state index >= 15 is 0 Å². The number of likely N-dealkylation sites (N-methyl/N-ethyl adjacent to an activating group) is 1. The Kier molecular flexibility index (Phi) is 4.64. The van der Waals surface area contributed by atoms with Crippen molar-refractivity contribution in [3.63, 3.8) is 0 Å². The van der Waals surface area contributed by atoms with E-state index in [1.54, 1.807) is 13.0 Å². The molecule has 0 unspecified atom stereocenters. The number of carbonyl (C=O) groups excluding carboxylic acids is 2. The van der Waals surface area contributed by atoms with Crippen LogP contribution in [0.1, 0.15) is 27.7 Å². The second kappa shape index (κ2) is 5.82. The van der Waals surface area contributed by atoms with Crippen LogP contribution in [-0.2, 0) is 9.59 Å². The average Bonchev–Trinajstić information content (AvgIpc) is 2.31. The zero-order valence-electron chi connectivity index (χ0n) is 11.7. The van der Waals surface area contributed by atoms with E-state index in [1.807, 2.05) is 20.8 Å². The monoisotopic (exact) mass is 266 g/mol. The summed E-state index contributed by atoms with van der Waals surface area (Å²) in [6.45, 7) is 7.72. The number of anilines is 1. The van der Waals surface area contributed by atoms with Gasteiger partial charge in [0.1, 0.15) is 5.82 Å². The highest BCUT2D eigenvalue weighted by Gasteiger charge is 2.29. The number of hydrogen-bond acceptors (Lipinski definition) is 2. The van der Waals surface area contributed by atoms with Crippen LogP contribution in [0.15, 0.2) is 24.3 Å². The Hall–Kier alpha value is -1.91. The molecule has 0 aliphatic carbocycles. The van der Waals surface area contributed by atoms with Gasteiger partial charge in [-0.1, -0.05) is 12.1 Å². The third kappa shape index (κ3) is 3.77. The van der Waals surface area contributed by atoms with E-state index in [2.05, 4.69) is 5.32 Å². The van der Waals surface area contributed by atoms with Crippen molar-refractivity contribution in [1.29, 1.82) is 0 Å². The lowest BCUT2D eigenvalue weighted by molar-refractivity contribution is -0.146. The first-order valence-corrected chi connectivity index (χ1v) is 6.15. The summed E-state index contributed by atoms with van der Waals surface area (Å²) in [5.41, 5.74) is -0.455. The first-order chi connectivity index (χ1) is 8.77. The summed E-state index contributed by atoms with van der Waals surface area (Å²) in [5.74, 6) is -2.07. The molecule has 0 bridgehead atoms. The molecule has 0 aromatic heterocycles. The fourth-order valence-electron chi connectivity index (χ4n) is 1.78. The highest BCUT2D eigenvalue weighted by atomic mass is 19.1. The molecule has 0 fully saturated rings. The Morgan fingerprint density at radius 1 is 1.26 bits per heavy atom. The number of carbonyl (C=O) groups is 2. The number of benzene rings is 1. The Balaban J connectivity index is 2.84. The molecule has 4 nitrogen and oxygen atoms in total. The third-order valence-corrected chi connectivity index (χ3v) is 2.69. The number of rotatable bonds is 2. The smallest absolute Gasteiger partial charge is 0.314 e. The summed E-state index contributed by atoms with van der Waals surface area (Å²) >= 11 is 0. The number of nitrogens with one attached hydrogen (secondary N) is 1. The first-order valence-electron chi connectivity index (χ1n) is 6.15. The number of nitrogens with zero attached hydrogens (tertiary/aromatic N) is 1. The third-order valence-electron chi connectivity index (χ3n) is 2.69. The minimum absolute atomic E-state index is 0.00538. The largest absolute Gasteiger partial charge is 0.330 e. The molecule has 5 heteroatoms. The van der Waals surface area contributed by atoms with Gasteiger partial charge in [0.25, 0.3) is 0 Å². The molecule has 19 heavy (non-hydrogen) atoms. The molecule has 1 aromatic carbocycles. The quantitative estimate of drug-likeness (QED) is 0.836. The van der Waals surface area contributed by atoms with Crippen LogP contribution in [0, 0.1) is 5.82 Å². The number of amides is 2. The van der Waals surface area contributed by atoms with E-state index in [1.165, 1.54) is 23.1 Å². The predicted molar refractivity (Wildman–Crippen MR) is 72.2 cm³/mol. The first kappa shape index (κ1) is 15.1. The van der Waals surface area contributed by atoms with Crippen molar-refractivity contribution in [2.24, 2.45) is 0 Å². The van der Waals surface area contributed by atoms with Gasteiger partial charge in [0.15, 0.2) is 0 Å². The summed E-state index contributed by atoms with van der Waals surface area (Å²) in [6, 6.07) is 5.74. The zero-order chi connectivity index (χ0) is 14.6. The molecule has 104 valence electrons. The SMILES string of the molecule is CCN(C(=O)C(=O)Nc1ccccc1F)C(C)(C)C. The summed E-state index contributed by atoms with van der Waals surface area (Å²) < 4.78 is 13.4. The van der Waals surface area contributed by atoms with Crippen molar-refractivity contribution in [3.8, 4) is 0 Å². The second-order valence-electron chi connectivity index (χ2n) is 5.15. The molecule has 1 rings (SSSR count). The fourth-order valence-corrected chi connectivity index (χ4v) is 1.78. The van der Waals surface area contributed by atoms with E-state index in [4.69, 9.17) is 0 Å². The van der Waals surface area contributed by atoms with Gasteiger partial charge in [0.2, 0.25) is 0 Å². The summed E-state index contributed by atoms with van der Waals surface area (Å²) in [6.07, 6.45) is 0. The van der Waals surface area contributed by atoms with Crippen molar-refractivity contribution < 1.29 is 14.0 Å². The molecular weight excluding hydrogens is 247 g/mol. The van der Waals surface area contributed by atoms with Crippen molar-refractivity contribution in [2.45, 2.75) is 33.2 Å². The number of hydrogen-bond donors (Lipinski definition) is 1. The molecular formula is C14H19FN2O2. The molecule has 0 radical (unpaired) electrons. The van der Waals surface area contributed by atoms with Gasteiger partial charge in [0.05, 0.1) is 5.69 Å². The minimum atomic E-state index is -0.832. The van der Waals surface area contributed by atoms with E-state index in [9.17, 15) is 14.0 Å². The molecule has 0 heterocycles. The maximum absolute atomic E-state index is 13.4. The average molecular weight is 266 g/mol. The van der Waals surface area contributed by atoms with Crippen LogP contribution >= 0.6 is 0 Å². The van der Waals surface area contributed by atoms with Crippen LogP contribution in [0.2, 0.25) is 0 Å². The second-order valence-corrected chi connectivity index (χ2v) is 5.15. The summed E-state index contributed by atoms with van der Waals surface area (Å²) in [4.78, 5) is 25.3. The predicted octanol–water partition coefficient (Wildman–Crippen LogP) is 2.41. The topological polar surface area (TPSA) is 49.4 Å². The fraction of sp³-hybridized carbons (Fsp3) is 0.429. The summed E-state index contributed by atoms with van der Waals surface area (Å²) in [7, 11) is 0. The van der Waals surface area contributed by atoms with Crippen LogP contribution in [0.3, 0.4) is 0 Å². The Morgan fingerprint density at radius 2 is 1.84 bits per heavy atom. The standard InChI is InChI=1S/C14H19FN2O2/c1-5-17(14(2,3)4)13(19)12(18)16-11-9-7-6-8-10(11)15/h6-9H,5H2,1-4H3,(H,16,18). The van der Waals surface area contributed by atoms with Crippen LogP contribution in [0.4, 0.5) is 10.1 Å². The molecule has 1 aromatic rings. The zero-order valence-corrected chi connectivity index (χ0v) is 11.7. The lowest BCUT2D eigenvalue weighted by atomic mass is 10.1. The number of halogens is 1. The van der Waals surface area contributed by atoms with Crippen molar-refractivity contribution in [3.05, 3.63) is 30.1 Å². The van der Waals surface area contributed by atoms with Gasteiger partial charge in [0, 0.05) is 12.1 Å². The molecule has 0 aliphatic rings. The van der Waals surface area contributed by atoms with Gasteiger partial charge >= 0.3 is 11.8 Å². The maximum Gasteiger partial charge on any atom is 0.314 e. The molecule has 2 amide bonds. The normalized spacial score (nSPS) is 11.0. The van der Waals surface area contributed by atoms with Crippen LogP contribution in [0.5, 0.6) is 0 Å². The molecule has 0 aliphatic heterocycles.